The van der Waals surface area contributed by atoms with Gasteiger partial charge in [0.15, 0.2) is 0 Å². The summed E-state index contributed by atoms with van der Waals surface area (Å²) in [6.45, 7) is 3.25. The van der Waals surface area contributed by atoms with Crippen LogP contribution in [0.2, 0.25) is 0 Å². The monoisotopic (exact) mass is 252 g/mol. The van der Waals surface area contributed by atoms with E-state index in [1.54, 1.807) is 0 Å². The molecule has 3 rings (SSSR count). The summed E-state index contributed by atoms with van der Waals surface area (Å²) < 4.78 is 5.94. The van der Waals surface area contributed by atoms with Crippen molar-refractivity contribution in [1.82, 2.24) is 4.90 Å². The maximum absolute atomic E-state index is 6.49. The van der Waals surface area contributed by atoms with E-state index in [0.29, 0.717) is 12.1 Å². The van der Waals surface area contributed by atoms with Gasteiger partial charge in [-0.15, -0.1) is 0 Å². The summed E-state index contributed by atoms with van der Waals surface area (Å²) in [6, 6.07) is 0.692. The summed E-state index contributed by atoms with van der Waals surface area (Å²) in [5.41, 5.74) is 6.64. The molecule has 0 aromatic heterocycles. The first-order valence-corrected chi connectivity index (χ1v) is 7.91. The highest BCUT2D eigenvalue weighted by molar-refractivity contribution is 4.92. The van der Waals surface area contributed by atoms with Crippen molar-refractivity contribution in [3.05, 3.63) is 0 Å². The average Bonchev–Trinajstić information content (AvgIpc) is 2.84. The first-order valence-electron chi connectivity index (χ1n) is 7.91. The van der Waals surface area contributed by atoms with Crippen molar-refractivity contribution >= 4 is 0 Å². The summed E-state index contributed by atoms with van der Waals surface area (Å²) in [6.07, 6.45) is 12.2. The zero-order valence-electron chi connectivity index (χ0n) is 11.6. The van der Waals surface area contributed by atoms with Crippen LogP contribution in [0.3, 0.4) is 0 Å². The fraction of sp³-hybridized carbons (Fsp3) is 1.00. The van der Waals surface area contributed by atoms with E-state index in [-0.39, 0.29) is 5.54 Å². The molecule has 104 valence electrons. The minimum atomic E-state index is 0.155. The Hall–Kier alpha value is -0.120. The summed E-state index contributed by atoms with van der Waals surface area (Å²) in [5.74, 6) is 0. The fourth-order valence-electron chi connectivity index (χ4n) is 4.15. The van der Waals surface area contributed by atoms with Gasteiger partial charge in [0.25, 0.3) is 0 Å². The Morgan fingerprint density at radius 3 is 2.72 bits per heavy atom. The van der Waals surface area contributed by atoms with E-state index in [1.807, 2.05) is 0 Å². The molecular weight excluding hydrogens is 224 g/mol. The Morgan fingerprint density at radius 2 is 1.89 bits per heavy atom. The molecule has 3 nitrogen and oxygen atoms in total. The first-order chi connectivity index (χ1) is 8.77. The summed E-state index contributed by atoms with van der Waals surface area (Å²) >= 11 is 0. The van der Waals surface area contributed by atoms with E-state index in [9.17, 15) is 0 Å². The molecule has 2 N–H and O–H groups in total. The quantitative estimate of drug-likeness (QED) is 0.837. The van der Waals surface area contributed by atoms with Gasteiger partial charge in [0.1, 0.15) is 0 Å². The smallest absolute Gasteiger partial charge is 0.0730 e. The molecule has 18 heavy (non-hydrogen) atoms. The van der Waals surface area contributed by atoms with Crippen LogP contribution in [-0.4, -0.2) is 42.3 Å². The Labute approximate surface area is 111 Å². The molecule has 1 heterocycles. The second-order valence-corrected chi connectivity index (χ2v) is 6.62. The molecule has 0 spiro atoms. The maximum atomic E-state index is 6.49. The van der Waals surface area contributed by atoms with Gasteiger partial charge in [0.05, 0.1) is 12.7 Å². The van der Waals surface area contributed by atoms with Crippen molar-refractivity contribution < 1.29 is 4.74 Å². The first kappa shape index (κ1) is 12.9. The lowest BCUT2D eigenvalue weighted by Crippen LogP contribution is -2.54. The number of ether oxygens (including phenoxy) is 1. The Balaban J connectivity index is 1.54. The SMILES string of the molecule is NC1(CCN2CCOC3CCCCC32)CCCC1. The van der Waals surface area contributed by atoms with Gasteiger partial charge in [0, 0.05) is 24.7 Å². The maximum Gasteiger partial charge on any atom is 0.0730 e. The second kappa shape index (κ2) is 5.48. The molecule has 3 heteroatoms. The molecule has 2 aliphatic carbocycles. The lowest BCUT2D eigenvalue weighted by molar-refractivity contribution is -0.0894. The molecule has 2 atom stereocenters. The third-order valence-corrected chi connectivity index (χ3v) is 5.34. The summed E-state index contributed by atoms with van der Waals surface area (Å²) in [5, 5.41) is 0. The molecular formula is C15H28N2O. The number of hydrogen-bond acceptors (Lipinski definition) is 3. The van der Waals surface area contributed by atoms with Gasteiger partial charge in [-0.2, -0.15) is 0 Å². The highest BCUT2D eigenvalue weighted by atomic mass is 16.5. The van der Waals surface area contributed by atoms with Gasteiger partial charge in [-0.1, -0.05) is 25.7 Å². The number of nitrogens with zero attached hydrogens (tertiary/aromatic N) is 1. The highest BCUT2D eigenvalue weighted by Gasteiger charge is 2.36. The minimum Gasteiger partial charge on any atom is -0.375 e. The minimum absolute atomic E-state index is 0.155. The number of fused-ring (bicyclic) bond motifs is 1. The van der Waals surface area contributed by atoms with E-state index >= 15 is 0 Å². The molecule has 1 saturated heterocycles. The van der Waals surface area contributed by atoms with Crippen molar-refractivity contribution in [2.45, 2.75) is 75.5 Å². The standard InChI is InChI=1S/C15H28N2O/c16-15(7-3-4-8-15)9-10-17-11-12-18-14-6-2-1-5-13(14)17/h13-14H,1-12,16H2. The van der Waals surface area contributed by atoms with E-state index < -0.39 is 0 Å². The van der Waals surface area contributed by atoms with Gasteiger partial charge >= 0.3 is 0 Å². The Morgan fingerprint density at radius 1 is 1.11 bits per heavy atom. The van der Waals surface area contributed by atoms with Crippen LogP contribution in [0.4, 0.5) is 0 Å². The van der Waals surface area contributed by atoms with E-state index in [1.165, 1.54) is 64.3 Å². The van der Waals surface area contributed by atoms with Gasteiger partial charge in [-0.05, 0) is 32.1 Å². The topological polar surface area (TPSA) is 38.5 Å². The van der Waals surface area contributed by atoms with Crippen molar-refractivity contribution in [3.8, 4) is 0 Å². The third kappa shape index (κ3) is 2.73. The van der Waals surface area contributed by atoms with Crippen molar-refractivity contribution in [3.63, 3.8) is 0 Å². The van der Waals surface area contributed by atoms with Gasteiger partial charge in [0.2, 0.25) is 0 Å². The fourth-order valence-corrected chi connectivity index (χ4v) is 4.15. The summed E-state index contributed by atoms with van der Waals surface area (Å²) in [7, 11) is 0. The number of nitrogens with two attached hydrogens (primary N) is 1. The lowest BCUT2D eigenvalue weighted by Gasteiger charge is -2.44. The van der Waals surface area contributed by atoms with Gasteiger partial charge in [-0.25, -0.2) is 0 Å². The molecule has 0 bridgehead atoms. The van der Waals surface area contributed by atoms with Crippen LogP contribution in [0.15, 0.2) is 0 Å². The normalized spacial score (nSPS) is 36.5. The van der Waals surface area contributed by atoms with Gasteiger partial charge < -0.3 is 10.5 Å². The Bertz CT molecular complexity index is 274. The molecule has 0 amide bonds. The number of hydrogen-bond donors (Lipinski definition) is 1. The van der Waals surface area contributed by atoms with Gasteiger partial charge in [-0.3, -0.25) is 4.90 Å². The molecule has 2 saturated carbocycles. The molecule has 2 unspecified atom stereocenters. The highest BCUT2D eigenvalue weighted by Crippen LogP contribution is 2.32. The van der Waals surface area contributed by atoms with Crippen molar-refractivity contribution in [2.24, 2.45) is 5.73 Å². The molecule has 0 aromatic rings. The lowest BCUT2D eigenvalue weighted by atomic mass is 9.88. The predicted molar refractivity (Wildman–Crippen MR) is 73.6 cm³/mol. The van der Waals surface area contributed by atoms with Crippen LogP contribution in [0.5, 0.6) is 0 Å². The number of morpholine rings is 1. The molecule has 3 fully saturated rings. The second-order valence-electron chi connectivity index (χ2n) is 6.62. The van der Waals surface area contributed by atoms with E-state index in [2.05, 4.69) is 4.90 Å². The van der Waals surface area contributed by atoms with Crippen LogP contribution in [0, 0.1) is 0 Å². The van der Waals surface area contributed by atoms with E-state index in [4.69, 9.17) is 10.5 Å². The van der Waals surface area contributed by atoms with E-state index in [0.717, 1.165) is 13.2 Å². The number of rotatable bonds is 3. The van der Waals surface area contributed by atoms with Crippen LogP contribution in [0.25, 0.3) is 0 Å². The molecule has 0 radical (unpaired) electrons. The van der Waals surface area contributed by atoms with Crippen LogP contribution < -0.4 is 5.73 Å². The van der Waals surface area contributed by atoms with Crippen molar-refractivity contribution in [1.29, 1.82) is 0 Å². The Kier molecular flexibility index (Phi) is 3.92. The molecule has 3 aliphatic rings. The predicted octanol–water partition coefficient (Wildman–Crippen LogP) is 2.29. The van der Waals surface area contributed by atoms with Crippen LogP contribution >= 0.6 is 0 Å². The average molecular weight is 252 g/mol. The molecule has 1 aliphatic heterocycles. The van der Waals surface area contributed by atoms with Crippen molar-refractivity contribution in [2.75, 3.05) is 19.7 Å². The zero-order valence-corrected chi connectivity index (χ0v) is 11.6. The largest absolute Gasteiger partial charge is 0.375 e. The van der Waals surface area contributed by atoms with Crippen LogP contribution in [0.1, 0.15) is 57.8 Å². The summed E-state index contributed by atoms with van der Waals surface area (Å²) in [4.78, 5) is 2.68. The molecule has 0 aromatic carbocycles. The third-order valence-electron chi connectivity index (χ3n) is 5.34. The zero-order chi connectivity index (χ0) is 12.4. The van der Waals surface area contributed by atoms with Crippen LogP contribution in [-0.2, 0) is 4.74 Å².